The number of benzene rings is 2. The summed E-state index contributed by atoms with van der Waals surface area (Å²) >= 11 is 3.36. The SMILES string of the molecule is CNS(=O)(=O)c1cc(C(=O)OCc2ccc(OC)c(Br)c2)ccc1OC. The first-order chi connectivity index (χ1) is 12.3. The molecule has 0 saturated heterocycles. The number of sulfonamides is 1. The number of ether oxygens (including phenoxy) is 3. The highest BCUT2D eigenvalue weighted by atomic mass is 79.9. The van der Waals surface area contributed by atoms with Gasteiger partial charge in [0, 0.05) is 0 Å². The van der Waals surface area contributed by atoms with Crippen LogP contribution in [0.4, 0.5) is 0 Å². The van der Waals surface area contributed by atoms with Gasteiger partial charge in [0.15, 0.2) is 0 Å². The van der Waals surface area contributed by atoms with E-state index in [9.17, 15) is 13.2 Å². The van der Waals surface area contributed by atoms with Gasteiger partial charge in [-0.3, -0.25) is 0 Å². The van der Waals surface area contributed by atoms with E-state index in [-0.39, 0.29) is 22.8 Å². The Balaban J connectivity index is 2.20. The molecule has 0 amide bonds. The number of hydrogen-bond acceptors (Lipinski definition) is 6. The summed E-state index contributed by atoms with van der Waals surface area (Å²) in [4.78, 5) is 12.1. The van der Waals surface area contributed by atoms with Crippen LogP contribution in [0, 0.1) is 0 Å². The van der Waals surface area contributed by atoms with Gasteiger partial charge in [0.25, 0.3) is 0 Å². The molecule has 0 aliphatic heterocycles. The largest absolute Gasteiger partial charge is 0.496 e. The van der Waals surface area contributed by atoms with Crippen LogP contribution in [0.3, 0.4) is 0 Å². The van der Waals surface area contributed by atoms with Crippen molar-refractivity contribution in [2.24, 2.45) is 0 Å². The van der Waals surface area contributed by atoms with Crippen molar-refractivity contribution >= 4 is 31.9 Å². The smallest absolute Gasteiger partial charge is 0.338 e. The van der Waals surface area contributed by atoms with E-state index < -0.39 is 16.0 Å². The molecule has 0 saturated carbocycles. The molecule has 140 valence electrons. The van der Waals surface area contributed by atoms with Crippen molar-refractivity contribution in [3.8, 4) is 11.5 Å². The molecule has 0 radical (unpaired) electrons. The lowest BCUT2D eigenvalue weighted by Crippen LogP contribution is -2.20. The average molecular weight is 444 g/mol. The zero-order valence-electron chi connectivity index (χ0n) is 14.4. The number of carbonyl (C=O) groups excluding carboxylic acids is 1. The summed E-state index contributed by atoms with van der Waals surface area (Å²) in [5, 5.41) is 0. The Kier molecular flexibility index (Phi) is 6.63. The predicted molar refractivity (Wildman–Crippen MR) is 99.1 cm³/mol. The van der Waals surface area contributed by atoms with E-state index in [4.69, 9.17) is 14.2 Å². The molecule has 1 N–H and O–H groups in total. The minimum Gasteiger partial charge on any atom is -0.496 e. The van der Waals surface area contributed by atoms with Crippen molar-refractivity contribution in [2.75, 3.05) is 21.3 Å². The molecular weight excluding hydrogens is 426 g/mol. The maximum atomic E-state index is 12.3. The summed E-state index contributed by atoms with van der Waals surface area (Å²) in [5.41, 5.74) is 0.856. The lowest BCUT2D eigenvalue weighted by Gasteiger charge is -2.11. The van der Waals surface area contributed by atoms with Crippen LogP contribution in [-0.4, -0.2) is 35.7 Å². The summed E-state index contributed by atoms with van der Waals surface area (Å²) < 4.78 is 42.5. The molecular formula is C17H18BrNO6S. The molecule has 2 aromatic rings. The zero-order chi connectivity index (χ0) is 19.3. The highest BCUT2D eigenvalue weighted by Gasteiger charge is 2.20. The quantitative estimate of drug-likeness (QED) is 0.661. The van der Waals surface area contributed by atoms with Crippen molar-refractivity contribution in [1.29, 1.82) is 0 Å². The van der Waals surface area contributed by atoms with Gasteiger partial charge < -0.3 is 14.2 Å². The third kappa shape index (κ3) is 4.54. The number of rotatable bonds is 7. The van der Waals surface area contributed by atoms with Crippen LogP contribution in [-0.2, 0) is 21.4 Å². The maximum Gasteiger partial charge on any atom is 0.338 e. The Bertz CT molecular complexity index is 913. The van der Waals surface area contributed by atoms with E-state index in [2.05, 4.69) is 20.7 Å². The van der Waals surface area contributed by atoms with Crippen LogP contribution in [0.25, 0.3) is 0 Å². The van der Waals surface area contributed by atoms with Gasteiger partial charge in [0.2, 0.25) is 10.0 Å². The molecule has 2 rings (SSSR count). The number of hydrogen-bond donors (Lipinski definition) is 1. The lowest BCUT2D eigenvalue weighted by molar-refractivity contribution is 0.0472. The minimum atomic E-state index is -3.78. The Morgan fingerprint density at radius 2 is 1.73 bits per heavy atom. The van der Waals surface area contributed by atoms with Gasteiger partial charge in [-0.05, 0) is 58.9 Å². The predicted octanol–water partition coefficient (Wildman–Crippen LogP) is 2.73. The molecule has 0 aromatic heterocycles. The van der Waals surface area contributed by atoms with Gasteiger partial charge in [0.1, 0.15) is 23.0 Å². The molecule has 0 unspecified atom stereocenters. The topological polar surface area (TPSA) is 90.9 Å². The van der Waals surface area contributed by atoms with Crippen LogP contribution in [0.2, 0.25) is 0 Å². The molecule has 0 spiro atoms. The molecule has 0 atom stereocenters. The van der Waals surface area contributed by atoms with Gasteiger partial charge in [0.05, 0.1) is 24.3 Å². The van der Waals surface area contributed by atoms with Crippen molar-refractivity contribution in [3.63, 3.8) is 0 Å². The molecule has 9 heteroatoms. The van der Waals surface area contributed by atoms with Gasteiger partial charge in [-0.25, -0.2) is 17.9 Å². The second-order valence-electron chi connectivity index (χ2n) is 5.12. The number of methoxy groups -OCH3 is 2. The standard InChI is InChI=1S/C17H18BrNO6S/c1-19-26(21,22)16-9-12(5-7-15(16)24-3)17(20)25-10-11-4-6-14(23-2)13(18)8-11/h4-9,19H,10H2,1-3H3. The van der Waals surface area contributed by atoms with Crippen molar-refractivity contribution in [1.82, 2.24) is 4.72 Å². The van der Waals surface area contributed by atoms with Crippen LogP contribution >= 0.6 is 15.9 Å². The summed E-state index contributed by atoms with van der Waals surface area (Å²) in [6.45, 7) is 0.0293. The summed E-state index contributed by atoms with van der Waals surface area (Å²) in [6.07, 6.45) is 0. The number of carbonyl (C=O) groups is 1. The van der Waals surface area contributed by atoms with E-state index in [1.54, 1.807) is 25.3 Å². The van der Waals surface area contributed by atoms with Gasteiger partial charge in [-0.15, -0.1) is 0 Å². The van der Waals surface area contributed by atoms with Gasteiger partial charge >= 0.3 is 5.97 Å². The molecule has 2 aromatic carbocycles. The van der Waals surface area contributed by atoms with Crippen LogP contribution in [0.15, 0.2) is 45.8 Å². The summed E-state index contributed by atoms with van der Waals surface area (Å²) in [5.74, 6) is 0.152. The Morgan fingerprint density at radius 3 is 2.31 bits per heavy atom. The van der Waals surface area contributed by atoms with Crippen LogP contribution in [0.5, 0.6) is 11.5 Å². The molecule has 7 nitrogen and oxygen atoms in total. The fourth-order valence-electron chi connectivity index (χ4n) is 2.16. The highest BCUT2D eigenvalue weighted by Crippen LogP contribution is 2.27. The fraction of sp³-hybridized carbons (Fsp3) is 0.235. The van der Waals surface area contributed by atoms with E-state index in [0.717, 1.165) is 10.0 Å². The van der Waals surface area contributed by atoms with Crippen molar-refractivity contribution in [2.45, 2.75) is 11.5 Å². The lowest BCUT2D eigenvalue weighted by atomic mass is 10.2. The monoisotopic (exact) mass is 443 g/mol. The summed E-state index contributed by atoms with van der Waals surface area (Å²) in [6, 6.07) is 9.36. The van der Waals surface area contributed by atoms with Crippen molar-refractivity contribution < 1.29 is 27.4 Å². The number of nitrogens with one attached hydrogen (secondary N) is 1. The molecule has 0 aliphatic carbocycles. The molecule has 0 heterocycles. The second-order valence-corrected chi connectivity index (χ2v) is 7.83. The molecule has 0 fully saturated rings. The Hall–Kier alpha value is -2.10. The molecule has 26 heavy (non-hydrogen) atoms. The third-order valence-corrected chi connectivity index (χ3v) is 5.60. The first-order valence-electron chi connectivity index (χ1n) is 7.43. The first kappa shape index (κ1) is 20.2. The second kappa shape index (κ2) is 8.52. The fourth-order valence-corrected chi connectivity index (χ4v) is 3.66. The Morgan fingerprint density at radius 1 is 1.08 bits per heavy atom. The summed E-state index contributed by atoms with van der Waals surface area (Å²) in [7, 11) is 0.405. The van der Waals surface area contributed by atoms with E-state index in [1.807, 2.05) is 0 Å². The van der Waals surface area contributed by atoms with Crippen LogP contribution in [0.1, 0.15) is 15.9 Å². The van der Waals surface area contributed by atoms with Gasteiger partial charge in [-0.1, -0.05) is 6.07 Å². The first-order valence-corrected chi connectivity index (χ1v) is 9.71. The van der Waals surface area contributed by atoms with E-state index in [0.29, 0.717) is 5.75 Å². The average Bonchev–Trinajstić information content (AvgIpc) is 2.65. The van der Waals surface area contributed by atoms with Gasteiger partial charge in [-0.2, -0.15) is 0 Å². The maximum absolute atomic E-state index is 12.3. The highest BCUT2D eigenvalue weighted by molar-refractivity contribution is 9.10. The third-order valence-electron chi connectivity index (χ3n) is 3.54. The molecule has 0 bridgehead atoms. The minimum absolute atomic E-state index is 0.0293. The van der Waals surface area contributed by atoms with E-state index >= 15 is 0 Å². The normalized spacial score (nSPS) is 11.1. The van der Waals surface area contributed by atoms with E-state index in [1.165, 1.54) is 32.4 Å². The number of halogens is 1. The van der Waals surface area contributed by atoms with Crippen LogP contribution < -0.4 is 14.2 Å². The molecule has 0 aliphatic rings. The Labute approximate surface area is 160 Å². The van der Waals surface area contributed by atoms with Crippen molar-refractivity contribution in [3.05, 3.63) is 52.0 Å². The number of esters is 1. The zero-order valence-corrected chi connectivity index (χ0v) is 16.8.